The zero-order chi connectivity index (χ0) is 23.1. The molecule has 2 aromatic rings. The summed E-state index contributed by atoms with van der Waals surface area (Å²) in [5, 5.41) is 2.61. The van der Waals surface area contributed by atoms with Crippen LogP contribution < -0.4 is 4.90 Å². The van der Waals surface area contributed by atoms with Gasteiger partial charge in [0.1, 0.15) is 18.5 Å². The first-order chi connectivity index (χ1) is 15.3. The minimum Gasteiger partial charge on any atom is -0.443 e. The van der Waals surface area contributed by atoms with E-state index < -0.39 is 17.8 Å². The second-order valence-corrected chi connectivity index (χ2v) is 8.46. The van der Waals surface area contributed by atoms with E-state index in [1.165, 1.54) is 10.0 Å². The number of rotatable bonds is 4. The highest BCUT2D eigenvalue weighted by molar-refractivity contribution is 5.76. The third kappa shape index (κ3) is 6.23. The Balaban J connectivity index is 1.76. The fourth-order valence-corrected chi connectivity index (χ4v) is 3.29. The maximum Gasteiger partial charge on any atom is 0.429 e. The van der Waals surface area contributed by atoms with Crippen LogP contribution in [0.15, 0.2) is 54.6 Å². The van der Waals surface area contributed by atoms with Gasteiger partial charge >= 0.3 is 12.2 Å². The molecular formula is C24H29N3O5. The Morgan fingerprint density at radius 3 is 2.03 bits per heavy atom. The van der Waals surface area contributed by atoms with E-state index in [1.54, 1.807) is 32.9 Å². The predicted molar refractivity (Wildman–Crippen MR) is 120 cm³/mol. The van der Waals surface area contributed by atoms with Gasteiger partial charge in [0.2, 0.25) is 0 Å². The number of carbonyl (C=O) groups is 3. The molecule has 0 aromatic heterocycles. The Labute approximate surface area is 188 Å². The maximum atomic E-state index is 12.9. The highest BCUT2D eigenvalue weighted by atomic mass is 16.6. The number of carbonyl (C=O) groups excluding carboxylic acids is 3. The molecule has 32 heavy (non-hydrogen) atoms. The molecule has 0 spiro atoms. The van der Waals surface area contributed by atoms with Gasteiger partial charge in [-0.3, -0.25) is 4.79 Å². The summed E-state index contributed by atoms with van der Waals surface area (Å²) in [6.07, 6.45) is -0.425. The second-order valence-electron chi connectivity index (χ2n) is 8.46. The molecular weight excluding hydrogens is 410 g/mol. The summed E-state index contributed by atoms with van der Waals surface area (Å²) in [4.78, 5) is 38.8. The van der Waals surface area contributed by atoms with Crippen molar-refractivity contribution in [1.82, 2.24) is 10.0 Å². The molecule has 8 nitrogen and oxygen atoms in total. The van der Waals surface area contributed by atoms with E-state index in [-0.39, 0.29) is 19.7 Å². The second kappa shape index (κ2) is 10.2. The lowest BCUT2D eigenvalue weighted by atomic mass is 10.2. The number of amides is 2. The molecule has 3 rings (SSSR count). The highest BCUT2D eigenvalue weighted by Gasteiger charge is 2.33. The van der Waals surface area contributed by atoms with Gasteiger partial charge in [-0.1, -0.05) is 30.3 Å². The molecule has 2 amide bonds. The maximum absolute atomic E-state index is 12.9. The Kier molecular flexibility index (Phi) is 7.35. The zero-order valence-electron chi connectivity index (χ0n) is 18.7. The van der Waals surface area contributed by atoms with Crippen molar-refractivity contribution in [1.29, 1.82) is 0 Å². The quantitative estimate of drug-likeness (QED) is 0.667. The van der Waals surface area contributed by atoms with Crippen molar-refractivity contribution in [2.45, 2.75) is 33.0 Å². The van der Waals surface area contributed by atoms with Gasteiger partial charge in [-0.15, -0.1) is 0 Å². The molecule has 1 fully saturated rings. The Bertz CT molecular complexity index is 925. The molecule has 1 aliphatic heterocycles. The first kappa shape index (κ1) is 23.1. The SMILES string of the molecule is CC(C)(C)OC(=O)N1CCN(c2ccc(C=O)cc2)CCN1C(=O)OCc1ccccc1. The van der Waals surface area contributed by atoms with Crippen LogP contribution in [-0.4, -0.2) is 60.3 Å². The molecule has 1 heterocycles. The van der Waals surface area contributed by atoms with Crippen LogP contribution in [0.25, 0.3) is 0 Å². The van der Waals surface area contributed by atoms with Crippen molar-refractivity contribution in [3.8, 4) is 0 Å². The molecule has 1 saturated heterocycles. The average Bonchev–Trinajstić information content (AvgIpc) is 3.00. The van der Waals surface area contributed by atoms with Crippen molar-refractivity contribution in [2.24, 2.45) is 0 Å². The molecule has 1 aliphatic rings. The predicted octanol–water partition coefficient (Wildman–Crippen LogP) is 4.11. The normalized spacial score (nSPS) is 14.5. The summed E-state index contributed by atoms with van der Waals surface area (Å²) in [6.45, 7) is 6.90. The smallest absolute Gasteiger partial charge is 0.429 e. The molecule has 0 atom stereocenters. The number of ether oxygens (including phenoxy) is 2. The third-order valence-electron chi connectivity index (χ3n) is 4.87. The van der Waals surface area contributed by atoms with Crippen LogP contribution in [0, 0.1) is 0 Å². The Hall–Kier alpha value is -3.55. The number of hydrogen-bond acceptors (Lipinski definition) is 6. The van der Waals surface area contributed by atoms with Gasteiger partial charge in [0.05, 0.1) is 13.1 Å². The lowest BCUT2D eigenvalue weighted by Gasteiger charge is -2.33. The van der Waals surface area contributed by atoms with Crippen molar-refractivity contribution in [3.05, 3.63) is 65.7 Å². The molecule has 2 aromatic carbocycles. The van der Waals surface area contributed by atoms with Gasteiger partial charge < -0.3 is 14.4 Å². The number of aldehydes is 1. The van der Waals surface area contributed by atoms with Crippen LogP contribution in [0.1, 0.15) is 36.7 Å². The number of anilines is 1. The van der Waals surface area contributed by atoms with Crippen molar-refractivity contribution in [2.75, 3.05) is 31.1 Å². The van der Waals surface area contributed by atoms with Crippen LogP contribution in [-0.2, 0) is 16.1 Å². The summed E-state index contributed by atoms with van der Waals surface area (Å²) in [5.74, 6) is 0. The van der Waals surface area contributed by atoms with Gasteiger partial charge in [0.15, 0.2) is 0 Å². The van der Waals surface area contributed by atoms with Crippen molar-refractivity contribution in [3.63, 3.8) is 0 Å². The number of benzene rings is 2. The van der Waals surface area contributed by atoms with E-state index in [1.807, 2.05) is 42.5 Å². The monoisotopic (exact) mass is 439 g/mol. The van der Waals surface area contributed by atoms with Crippen LogP contribution in [0.5, 0.6) is 0 Å². The van der Waals surface area contributed by atoms with Gasteiger partial charge in [-0.25, -0.2) is 19.6 Å². The van der Waals surface area contributed by atoms with Gasteiger partial charge in [-0.2, -0.15) is 0 Å². The van der Waals surface area contributed by atoms with E-state index in [0.29, 0.717) is 18.7 Å². The topological polar surface area (TPSA) is 79.4 Å². The third-order valence-corrected chi connectivity index (χ3v) is 4.87. The number of hydrogen-bond donors (Lipinski definition) is 0. The molecule has 0 radical (unpaired) electrons. The summed E-state index contributed by atoms with van der Waals surface area (Å²) in [5.41, 5.74) is 1.65. The first-order valence-corrected chi connectivity index (χ1v) is 10.6. The molecule has 170 valence electrons. The summed E-state index contributed by atoms with van der Waals surface area (Å²) < 4.78 is 11.0. The van der Waals surface area contributed by atoms with Gasteiger partial charge in [0, 0.05) is 24.3 Å². The molecule has 0 N–H and O–H groups in total. The molecule has 0 aliphatic carbocycles. The van der Waals surface area contributed by atoms with E-state index in [9.17, 15) is 14.4 Å². The van der Waals surface area contributed by atoms with E-state index >= 15 is 0 Å². The minimum atomic E-state index is -0.701. The Morgan fingerprint density at radius 1 is 0.875 bits per heavy atom. The van der Waals surface area contributed by atoms with E-state index in [2.05, 4.69) is 4.90 Å². The van der Waals surface area contributed by atoms with Crippen molar-refractivity contribution < 1.29 is 23.9 Å². The summed E-state index contributed by atoms with van der Waals surface area (Å²) in [7, 11) is 0. The van der Waals surface area contributed by atoms with Crippen molar-refractivity contribution >= 4 is 24.2 Å². The van der Waals surface area contributed by atoms with Crippen LogP contribution in [0.2, 0.25) is 0 Å². The lowest BCUT2D eigenvalue weighted by molar-refractivity contribution is -0.0421. The van der Waals surface area contributed by atoms with Gasteiger partial charge in [0.25, 0.3) is 0 Å². The van der Waals surface area contributed by atoms with E-state index in [0.717, 1.165) is 17.5 Å². The lowest BCUT2D eigenvalue weighted by Crippen LogP contribution is -2.52. The summed E-state index contributed by atoms with van der Waals surface area (Å²) >= 11 is 0. The average molecular weight is 440 g/mol. The highest BCUT2D eigenvalue weighted by Crippen LogP contribution is 2.20. The molecule has 8 heteroatoms. The number of hydrazine groups is 1. The first-order valence-electron chi connectivity index (χ1n) is 10.6. The molecule has 0 bridgehead atoms. The fraction of sp³-hybridized carbons (Fsp3) is 0.375. The van der Waals surface area contributed by atoms with Gasteiger partial charge in [-0.05, 0) is 50.6 Å². The zero-order valence-corrected chi connectivity index (χ0v) is 18.7. The fourth-order valence-electron chi connectivity index (χ4n) is 3.29. The van der Waals surface area contributed by atoms with Crippen LogP contribution >= 0.6 is 0 Å². The standard InChI is InChI=1S/C24H29N3O5/c1-24(2,3)32-23(30)27-16-14-25(21-11-9-19(17-28)10-12-21)13-15-26(27)22(29)31-18-20-7-5-4-6-8-20/h4-12,17H,13-16,18H2,1-3H3. The minimum absolute atomic E-state index is 0.106. The van der Waals surface area contributed by atoms with E-state index in [4.69, 9.17) is 9.47 Å². The molecule has 0 unspecified atom stereocenters. The Morgan fingerprint density at radius 2 is 1.47 bits per heavy atom. The number of nitrogens with zero attached hydrogens (tertiary/aromatic N) is 3. The van der Waals surface area contributed by atoms with Crippen LogP contribution in [0.4, 0.5) is 15.3 Å². The molecule has 0 saturated carbocycles. The largest absolute Gasteiger partial charge is 0.443 e. The summed E-state index contributed by atoms with van der Waals surface area (Å²) in [6, 6.07) is 16.6. The van der Waals surface area contributed by atoms with Crippen LogP contribution in [0.3, 0.4) is 0 Å².